The Bertz CT molecular complexity index is 1440. The van der Waals surface area contributed by atoms with Gasteiger partial charge in [-0.3, -0.25) is 15.3 Å². The summed E-state index contributed by atoms with van der Waals surface area (Å²) in [6, 6.07) is 21.7. The molecule has 0 saturated heterocycles. The van der Waals surface area contributed by atoms with Gasteiger partial charge in [-0.1, -0.05) is 42.5 Å². The number of H-pyrrole nitrogens is 1. The largest absolute Gasteiger partial charge is 0.278 e. The van der Waals surface area contributed by atoms with Gasteiger partial charge in [-0.05, 0) is 41.8 Å². The van der Waals surface area contributed by atoms with Gasteiger partial charge in [-0.2, -0.15) is 5.10 Å². The molecular weight excluding hydrogens is 388 g/mol. The highest BCUT2D eigenvalue weighted by molar-refractivity contribution is 6.04. The third kappa shape index (κ3) is 2.90. The Balaban J connectivity index is 1.44. The highest BCUT2D eigenvalue weighted by atomic mass is 16.2. The summed E-state index contributed by atoms with van der Waals surface area (Å²) in [4.78, 5) is 22.4. The molecule has 0 saturated carbocycles. The van der Waals surface area contributed by atoms with Crippen LogP contribution < -0.4 is 10.4 Å². The zero-order valence-corrected chi connectivity index (χ0v) is 16.5. The van der Waals surface area contributed by atoms with Crippen molar-refractivity contribution in [2.75, 3.05) is 10.4 Å². The molecule has 1 unspecified atom stereocenters. The summed E-state index contributed by atoms with van der Waals surface area (Å²) in [5.41, 5.74) is 7.91. The first-order chi connectivity index (χ1) is 15.3. The molecule has 0 spiro atoms. The lowest BCUT2D eigenvalue weighted by molar-refractivity contribution is -0.120. The van der Waals surface area contributed by atoms with Crippen molar-refractivity contribution in [1.29, 1.82) is 0 Å². The van der Waals surface area contributed by atoms with E-state index in [2.05, 4.69) is 31.7 Å². The van der Waals surface area contributed by atoms with Crippen LogP contribution in [0.1, 0.15) is 17.0 Å². The number of hydrogen-bond donors (Lipinski definition) is 2. The SMILES string of the molecule is O=C1C(c2ccc3cn[nH]c3c2)Cc2ccccc2N1Nc1ncnc2ccccc12. The van der Waals surface area contributed by atoms with Gasteiger partial charge in [0, 0.05) is 10.8 Å². The summed E-state index contributed by atoms with van der Waals surface area (Å²) < 4.78 is 0. The molecule has 7 heteroatoms. The Morgan fingerprint density at radius 2 is 1.87 bits per heavy atom. The van der Waals surface area contributed by atoms with Crippen LogP contribution in [0.2, 0.25) is 0 Å². The molecule has 1 atom stereocenters. The van der Waals surface area contributed by atoms with Gasteiger partial charge in [0.2, 0.25) is 0 Å². The van der Waals surface area contributed by atoms with E-state index < -0.39 is 0 Å². The Hall–Kier alpha value is -4.26. The van der Waals surface area contributed by atoms with E-state index in [0.29, 0.717) is 12.2 Å². The average Bonchev–Trinajstić information content (AvgIpc) is 3.29. The molecular formula is C24H18N6O. The number of nitrogens with zero attached hydrogens (tertiary/aromatic N) is 4. The summed E-state index contributed by atoms with van der Waals surface area (Å²) in [7, 11) is 0. The van der Waals surface area contributed by atoms with Crippen LogP contribution in [0.15, 0.2) is 79.3 Å². The first-order valence-corrected chi connectivity index (χ1v) is 10.1. The second-order valence-electron chi connectivity index (χ2n) is 7.63. The van der Waals surface area contributed by atoms with Crippen molar-refractivity contribution >= 4 is 39.2 Å². The summed E-state index contributed by atoms with van der Waals surface area (Å²) in [5.74, 6) is 0.252. The lowest BCUT2D eigenvalue weighted by atomic mass is 9.87. The standard InChI is InChI=1S/C24H18N6O/c31-24-19(15-9-10-17-13-27-28-21(17)12-15)11-16-5-1-4-8-22(16)30(24)29-23-18-6-2-3-7-20(18)25-14-26-23/h1-10,12-14,19H,11H2,(H,27,28)(H,25,26,29). The molecule has 3 heterocycles. The van der Waals surface area contributed by atoms with Crippen LogP contribution in [0.5, 0.6) is 0 Å². The number of hydrogen-bond acceptors (Lipinski definition) is 5. The Labute approximate surface area is 177 Å². The van der Waals surface area contributed by atoms with Crippen LogP contribution in [0, 0.1) is 0 Å². The van der Waals surface area contributed by atoms with Gasteiger partial charge in [0.25, 0.3) is 5.91 Å². The van der Waals surface area contributed by atoms with Gasteiger partial charge in [-0.15, -0.1) is 0 Å². The van der Waals surface area contributed by atoms with Crippen LogP contribution >= 0.6 is 0 Å². The number of anilines is 2. The average molecular weight is 406 g/mol. The number of fused-ring (bicyclic) bond motifs is 3. The number of rotatable bonds is 3. The van der Waals surface area contributed by atoms with Crippen molar-refractivity contribution in [2.24, 2.45) is 0 Å². The number of amides is 1. The molecule has 3 aromatic carbocycles. The number of nitrogens with one attached hydrogen (secondary N) is 2. The lowest BCUT2D eigenvalue weighted by Crippen LogP contribution is -2.44. The third-order valence-corrected chi connectivity index (χ3v) is 5.80. The van der Waals surface area contributed by atoms with Gasteiger partial charge >= 0.3 is 0 Å². The number of aromatic nitrogens is 4. The molecule has 0 bridgehead atoms. The topological polar surface area (TPSA) is 86.8 Å². The van der Waals surface area contributed by atoms with Crippen LogP contribution in [0.3, 0.4) is 0 Å². The van der Waals surface area contributed by atoms with Crippen molar-refractivity contribution < 1.29 is 4.79 Å². The van der Waals surface area contributed by atoms with E-state index in [1.54, 1.807) is 11.2 Å². The molecule has 2 N–H and O–H groups in total. The molecule has 7 nitrogen and oxygen atoms in total. The molecule has 1 amide bonds. The van der Waals surface area contributed by atoms with E-state index in [1.165, 1.54) is 6.33 Å². The quantitative estimate of drug-likeness (QED) is 0.469. The first kappa shape index (κ1) is 17.6. The zero-order valence-electron chi connectivity index (χ0n) is 16.5. The minimum Gasteiger partial charge on any atom is -0.278 e. The lowest BCUT2D eigenvalue weighted by Gasteiger charge is -2.34. The Morgan fingerprint density at radius 1 is 1.00 bits per heavy atom. The van der Waals surface area contributed by atoms with E-state index in [0.717, 1.165) is 38.6 Å². The third-order valence-electron chi connectivity index (χ3n) is 5.80. The highest BCUT2D eigenvalue weighted by Gasteiger charge is 2.34. The monoisotopic (exact) mass is 406 g/mol. The fourth-order valence-electron chi connectivity index (χ4n) is 4.23. The number of carbonyl (C=O) groups excluding carboxylic acids is 1. The number of benzene rings is 3. The summed E-state index contributed by atoms with van der Waals surface area (Å²) in [6.07, 6.45) is 3.93. The predicted molar refractivity (Wildman–Crippen MR) is 120 cm³/mol. The molecule has 1 aliphatic rings. The number of carbonyl (C=O) groups is 1. The van der Waals surface area contributed by atoms with Crippen molar-refractivity contribution in [3.05, 3.63) is 90.4 Å². The number of aromatic amines is 1. The maximum absolute atomic E-state index is 13.7. The Kier molecular flexibility index (Phi) is 3.92. The van der Waals surface area contributed by atoms with Gasteiger partial charge in [0.05, 0.1) is 28.8 Å². The normalized spacial score (nSPS) is 15.9. The minimum atomic E-state index is -0.316. The number of hydrazine groups is 1. The van der Waals surface area contributed by atoms with Gasteiger partial charge in [0.1, 0.15) is 6.33 Å². The Morgan fingerprint density at radius 3 is 2.84 bits per heavy atom. The van der Waals surface area contributed by atoms with E-state index in [4.69, 9.17) is 0 Å². The molecule has 6 rings (SSSR count). The summed E-state index contributed by atoms with van der Waals surface area (Å²) >= 11 is 0. The molecule has 5 aromatic rings. The fourth-order valence-corrected chi connectivity index (χ4v) is 4.23. The zero-order chi connectivity index (χ0) is 20.8. The van der Waals surface area contributed by atoms with E-state index >= 15 is 0 Å². The second-order valence-corrected chi connectivity index (χ2v) is 7.63. The van der Waals surface area contributed by atoms with Gasteiger partial charge in [-0.25, -0.2) is 15.0 Å². The minimum absolute atomic E-state index is 0.0275. The smallest absolute Gasteiger partial charge is 0.253 e. The fraction of sp³-hybridized carbons (Fsp3) is 0.0833. The van der Waals surface area contributed by atoms with Crippen molar-refractivity contribution in [3.8, 4) is 0 Å². The summed E-state index contributed by atoms with van der Waals surface area (Å²) in [6.45, 7) is 0. The molecule has 0 fully saturated rings. The molecule has 0 aliphatic carbocycles. The highest BCUT2D eigenvalue weighted by Crippen LogP contribution is 2.36. The molecule has 0 radical (unpaired) electrons. The van der Waals surface area contributed by atoms with Gasteiger partial charge in [0.15, 0.2) is 5.82 Å². The first-order valence-electron chi connectivity index (χ1n) is 10.1. The van der Waals surface area contributed by atoms with Crippen molar-refractivity contribution in [3.63, 3.8) is 0 Å². The predicted octanol–water partition coefficient (Wildman–Crippen LogP) is 4.21. The van der Waals surface area contributed by atoms with E-state index in [1.807, 2.05) is 60.7 Å². The van der Waals surface area contributed by atoms with Crippen LogP contribution in [0.4, 0.5) is 11.5 Å². The van der Waals surface area contributed by atoms with Crippen molar-refractivity contribution in [1.82, 2.24) is 20.2 Å². The molecule has 150 valence electrons. The maximum atomic E-state index is 13.7. The maximum Gasteiger partial charge on any atom is 0.253 e. The van der Waals surface area contributed by atoms with E-state index in [9.17, 15) is 4.79 Å². The second kappa shape index (κ2) is 6.91. The molecule has 2 aromatic heterocycles. The number of para-hydroxylation sites is 2. The van der Waals surface area contributed by atoms with Crippen molar-refractivity contribution in [2.45, 2.75) is 12.3 Å². The van der Waals surface area contributed by atoms with E-state index in [-0.39, 0.29) is 11.8 Å². The van der Waals surface area contributed by atoms with Gasteiger partial charge < -0.3 is 0 Å². The summed E-state index contributed by atoms with van der Waals surface area (Å²) in [5, 5.41) is 10.6. The van der Waals surface area contributed by atoms with Crippen LogP contribution in [-0.2, 0) is 11.2 Å². The molecule has 1 aliphatic heterocycles. The van der Waals surface area contributed by atoms with Crippen LogP contribution in [0.25, 0.3) is 21.8 Å². The van der Waals surface area contributed by atoms with Crippen LogP contribution in [-0.4, -0.2) is 26.1 Å². The molecule has 31 heavy (non-hydrogen) atoms.